The van der Waals surface area contributed by atoms with Crippen LogP contribution in [-0.4, -0.2) is 15.8 Å². The van der Waals surface area contributed by atoms with Crippen LogP contribution in [0.2, 0.25) is 0 Å². The molecule has 24 heavy (non-hydrogen) atoms. The minimum atomic E-state index is -0.489. The van der Waals surface area contributed by atoms with Crippen molar-refractivity contribution in [3.05, 3.63) is 52.8 Å². The molecule has 0 aliphatic carbocycles. The number of nitrogens with one attached hydrogen (secondary N) is 1. The van der Waals surface area contributed by atoms with Crippen LogP contribution in [-0.2, 0) is 6.61 Å². The number of phenolic OH excluding ortho intramolecular Hbond substituents is 1. The lowest BCUT2D eigenvalue weighted by molar-refractivity contribution is 0.282. The minimum absolute atomic E-state index is 0.126. The molecular weight excluding hydrogens is 305 g/mol. The van der Waals surface area contributed by atoms with E-state index in [1.807, 2.05) is 19.9 Å². The summed E-state index contributed by atoms with van der Waals surface area (Å²) in [6, 6.07) is 5.99. The monoisotopic (exact) mass is 327 g/mol. The van der Waals surface area contributed by atoms with E-state index in [1.54, 1.807) is 6.07 Å². The molecule has 2 aromatic carbocycles. The molecule has 0 fully saturated rings. The summed E-state index contributed by atoms with van der Waals surface area (Å²) in [6.45, 7) is 7.97. The molecule has 0 unspecified atom stereocenters. The van der Waals surface area contributed by atoms with Crippen LogP contribution in [0.4, 0.5) is 10.1 Å². The van der Waals surface area contributed by atoms with Gasteiger partial charge in [-0.15, -0.1) is 0 Å². The molecular formula is C20H22FNO2. The van der Waals surface area contributed by atoms with E-state index in [2.05, 4.69) is 25.2 Å². The van der Waals surface area contributed by atoms with Crippen LogP contribution in [0.3, 0.4) is 0 Å². The van der Waals surface area contributed by atoms with Gasteiger partial charge in [0, 0.05) is 22.9 Å². The molecule has 1 aliphatic rings. The molecule has 0 aromatic heterocycles. The summed E-state index contributed by atoms with van der Waals surface area (Å²) >= 11 is 0. The van der Waals surface area contributed by atoms with Crippen molar-refractivity contribution in [1.29, 1.82) is 0 Å². The molecule has 3 N–H and O–H groups in total. The summed E-state index contributed by atoms with van der Waals surface area (Å²) in [7, 11) is 0. The number of aliphatic hydroxyl groups is 1. The SMILES string of the molecule is CC1=CC(C)(C)Nc2cc(C)c(-c3ccc(F)cc3O)c(CO)c21. The molecule has 2 aromatic rings. The fraction of sp³-hybridized carbons (Fsp3) is 0.300. The van der Waals surface area contributed by atoms with Crippen LogP contribution in [0.15, 0.2) is 30.3 Å². The molecule has 3 rings (SSSR count). The maximum Gasteiger partial charge on any atom is 0.126 e. The Kier molecular flexibility index (Phi) is 3.88. The van der Waals surface area contributed by atoms with Gasteiger partial charge in [0.1, 0.15) is 11.6 Å². The predicted molar refractivity (Wildman–Crippen MR) is 95.5 cm³/mol. The summed E-state index contributed by atoms with van der Waals surface area (Å²) in [5.74, 6) is -0.615. The molecule has 3 nitrogen and oxygen atoms in total. The maximum atomic E-state index is 13.3. The van der Waals surface area contributed by atoms with Crippen LogP contribution in [0.25, 0.3) is 16.7 Å². The summed E-state index contributed by atoms with van der Waals surface area (Å²) in [6.07, 6.45) is 2.12. The number of benzene rings is 2. The van der Waals surface area contributed by atoms with Gasteiger partial charge in [-0.05, 0) is 68.2 Å². The molecule has 0 radical (unpaired) electrons. The molecule has 126 valence electrons. The van der Waals surface area contributed by atoms with Crippen molar-refractivity contribution in [2.24, 2.45) is 0 Å². The Hall–Kier alpha value is -2.33. The Morgan fingerprint density at radius 3 is 2.46 bits per heavy atom. The average Bonchev–Trinajstić information content (AvgIpc) is 2.45. The Morgan fingerprint density at radius 2 is 1.83 bits per heavy atom. The highest BCUT2D eigenvalue weighted by molar-refractivity contribution is 5.89. The number of aromatic hydroxyl groups is 1. The first-order chi connectivity index (χ1) is 11.2. The molecule has 0 saturated heterocycles. The number of aliphatic hydroxyl groups excluding tert-OH is 1. The minimum Gasteiger partial charge on any atom is -0.507 e. The first kappa shape index (κ1) is 16.5. The maximum absolute atomic E-state index is 13.3. The van der Waals surface area contributed by atoms with Gasteiger partial charge in [0.2, 0.25) is 0 Å². The van der Waals surface area contributed by atoms with Gasteiger partial charge in [0.05, 0.1) is 12.1 Å². The van der Waals surface area contributed by atoms with E-state index < -0.39 is 5.82 Å². The normalized spacial score (nSPS) is 15.5. The second kappa shape index (κ2) is 5.64. The van der Waals surface area contributed by atoms with Crippen LogP contribution in [0, 0.1) is 12.7 Å². The quantitative estimate of drug-likeness (QED) is 0.755. The highest BCUT2D eigenvalue weighted by atomic mass is 19.1. The van der Waals surface area contributed by atoms with E-state index in [-0.39, 0.29) is 17.9 Å². The van der Waals surface area contributed by atoms with E-state index in [1.165, 1.54) is 6.07 Å². The lowest BCUT2D eigenvalue weighted by Gasteiger charge is -2.34. The van der Waals surface area contributed by atoms with Crippen molar-refractivity contribution in [2.75, 3.05) is 5.32 Å². The number of hydrogen-bond donors (Lipinski definition) is 3. The Balaban J connectivity index is 2.32. The van der Waals surface area contributed by atoms with Crippen LogP contribution in [0.5, 0.6) is 5.75 Å². The predicted octanol–water partition coefficient (Wildman–Crippen LogP) is 4.61. The molecule has 1 heterocycles. The topological polar surface area (TPSA) is 52.5 Å². The first-order valence-corrected chi connectivity index (χ1v) is 7.98. The Bertz CT molecular complexity index is 853. The van der Waals surface area contributed by atoms with Gasteiger partial charge in [-0.3, -0.25) is 0 Å². The fourth-order valence-corrected chi connectivity index (χ4v) is 3.68. The van der Waals surface area contributed by atoms with E-state index in [9.17, 15) is 14.6 Å². The van der Waals surface area contributed by atoms with Gasteiger partial charge in [0.25, 0.3) is 0 Å². The van der Waals surface area contributed by atoms with Crippen molar-refractivity contribution >= 4 is 11.3 Å². The number of hydrogen-bond acceptors (Lipinski definition) is 3. The van der Waals surface area contributed by atoms with E-state index >= 15 is 0 Å². The average molecular weight is 327 g/mol. The zero-order valence-corrected chi connectivity index (χ0v) is 14.4. The first-order valence-electron chi connectivity index (χ1n) is 7.98. The third kappa shape index (κ3) is 2.67. The lowest BCUT2D eigenvalue weighted by Crippen LogP contribution is -2.32. The molecule has 1 aliphatic heterocycles. The largest absolute Gasteiger partial charge is 0.507 e. The van der Waals surface area contributed by atoms with Gasteiger partial charge >= 0.3 is 0 Å². The van der Waals surface area contributed by atoms with Gasteiger partial charge in [-0.25, -0.2) is 4.39 Å². The molecule has 0 saturated carbocycles. The Labute approximate surface area is 141 Å². The van der Waals surface area contributed by atoms with E-state index in [4.69, 9.17) is 0 Å². The van der Waals surface area contributed by atoms with Crippen molar-refractivity contribution < 1.29 is 14.6 Å². The zero-order chi connectivity index (χ0) is 17.6. The van der Waals surface area contributed by atoms with Crippen molar-refractivity contribution in [1.82, 2.24) is 0 Å². The van der Waals surface area contributed by atoms with Gasteiger partial charge in [-0.1, -0.05) is 6.08 Å². The Morgan fingerprint density at radius 1 is 1.12 bits per heavy atom. The van der Waals surface area contributed by atoms with Crippen molar-refractivity contribution in [2.45, 2.75) is 39.8 Å². The zero-order valence-electron chi connectivity index (χ0n) is 14.4. The number of anilines is 1. The lowest BCUT2D eigenvalue weighted by atomic mass is 9.83. The molecule has 0 atom stereocenters. The van der Waals surface area contributed by atoms with Crippen molar-refractivity contribution in [3.63, 3.8) is 0 Å². The van der Waals surface area contributed by atoms with Gasteiger partial charge < -0.3 is 15.5 Å². The number of halogens is 1. The third-order valence-electron chi connectivity index (χ3n) is 4.44. The number of fused-ring (bicyclic) bond motifs is 1. The third-order valence-corrected chi connectivity index (χ3v) is 4.44. The highest BCUT2D eigenvalue weighted by Gasteiger charge is 2.27. The van der Waals surface area contributed by atoms with Crippen LogP contribution in [0.1, 0.15) is 37.5 Å². The van der Waals surface area contributed by atoms with Crippen LogP contribution < -0.4 is 5.32 Å². The van der Waals surface area contributed by atoms with E-state index in [0.717, 1.165) is 39.6 Å². The molecule has 0 bridgehead atoms. The van der Waals surface area contributed by atoms with Crippen molar-refractivity contribution in [3.8, 4) is 16.9 Å². The number of rotatable bonds is 2. The molecule has 4 heteroatoms. The van der Waals surface area contributed by atoms with Gasteiger partial charge in [-0.2, -0.15) is 0 Å². The number of aryl methyl sites for hydroxylation is 1. The molecule has 0 amide bonds. The number of allylic oxidation sites excluding steroid dienone is 1. The summed E-state index contributed by atoms with van der Waals surface area (Å²) in [4.78, 5) is 0. The highest BCUT2D eigenvalue weighted by Crippen LogP contribution is 2.44. The van der Waals surface area contributed by atoms with Gasteiger partial charge in [0.15, 0.2) is 0 Å². The van der Waals surface area contributed by atoms with Crippen LogP contribution >= 0.6 is 0 Å². The fourth-order valence-electron chi connectivity index (χ4n) is 3.68. The summed E-state index contributed by atoms with van der Waals surface area (Å²) < 4.78 is 13.3. The van der Waals surface area contributed by atoms with E-state index in [0.29, 0.717) is 5.56 Å². The summed E-state index contributed by atoms with van der Waals surface area (Å²) in [5, 5.41) is 23.7. The standard InChI is InChI=1S/C20H22FNO2/c1-11-7-16-19(12(2)9-20(3,4)22-16)15(10-23)18(11)14-6-5-13(21)8-17(14)24/h5-9,22-24H,10H2,1-4H3. The summed E-state index contributed by atoms with van der Waals surface area (Å²) in [5.41, 5.74) is 5.74. The number of phenols is 1. The second-order valence-electron chi connectivity index (χ2n) is 6.96. The second-order valence-corrected chi connectivity index (χ2v) is 6.96. The smallest absolute Gasteiger partial charge is 0.126 e. The molecule has 0 spiro atoms.